The molecule has 0 aliphatic carbocycles. The van der Waals surface area contributed by atoms with Gasteiger partial charge in [-0.1, -0.05) is 25.0 Å². The average molecular weight is 445 g/mol. The molecule has 174 valence electrons. The van der Waals surface area contributed by atoms with E-state index in [1.54, 1.807) is 36.4 Å². The molecule has 0 atom stereocenters. The van der Waals surface area contributed by atoms with Gasteiger partial charge in [-0.15, -0.1) is 0 Å². The highest BCUT2D eigenvalue weighted by Crippen LogP contribution is 2.31. The van der Waals surface area contributed by atoms with Gasteiger partial charge in [0.25, 0.3) is 11.8 Å². The van der Waals surface area contributed by atoms with Crippen molar-refractivity contribution < 1.29 is 28.5 Å². The van der Waals surface area contributed by atoms with Crippen molar-refractivity contribution >= 4 is 11.8 Å². The first-order valence-electron chi connectivity index (χ1n) is 10.6. The third-order valence-corrected chi connectivity index (χ3v) is 4.97. The lowest BCUT2D eigenvalue weighted by Gasteiger charge is -2.13. The summed E-state index contributed by atoms with van der Waals surface area (Å²) in [6, 6.07) is 10.4. The van der Waals surface area contributed by atoms with Gasteiger partial charge in [-0.3, -0.25) is 9.59 Å². The molecule has 0 aliphatic rings. The maximum absolute atomic E-state index is 12.4. The predicted octanol–water partition coefficient (Wildman–Crippen LogP) is 3.44. The van der Waals surface area contributed by atoms with Gasteiger partial charge in [0.2, 0.25) is 0 Å². The molecule has 2 aromatic rings. The summed E-state index contributed by atoms with van der Waals surface area (Å²) in [5.41, 5.74) is 0.894. The summed E-state index contributed by atoms with van der Waals surface area (Å²) in [7, 11) is 6.10. The number of hydrogen-bond donors (Lipinski definition) is 2. The summed E-state index contributed by atoms with van der Waals surface area (Å²) >= 11 is 0. The van der Waals surface area contributed by atoms with E-state index in [1.165, 1.54) is 28.4 Å². The number of ether oxygens (including phenoxy) is 4. The standard InChI is InChI=1S/C24H32N2O6/c1-29-19-13-9-11-17(21(19)31-3)23(27)25-15-7-5-6-8-16-26-24(28)18-12-10-14-20(30-2)22(18)32-4/h9-14H,5-8,15-16H2,1-4H3,(H,25,27)(H,26,28). The van der Waals surface area contributed by atoms with Crippen molar-refractivity contribution in [3.8, 4) is 23.0 Å². The molecule has 0 aliphatic heterocycles. The molecule has 0 saturated carbocycles. The van der Waals surface area contributed by atoms with Crippen LogP contribution in [0.1, 0.15) is 46.4 Å². The van der Waals surface area contributed by atoms with Crippen LogP contribution in [0.3, 0.4) is 0 Å². The van der Waals surface area contributed by atoms with E-state index in [0.717, 1.165) is 25.7 Å². The second-order valence-electron chi connectivity index (χ2n) is 7.01. The van der Waals surface area contributed by atoms with Gasteiger partial charge in [0.05, 0.1) is 39.6 Å². The Balaban J connectivity index is 1.67. The van der Waals surface area contributed by atoms with Gasteiger partial charge >= 0.3 is 0 Å². The second kappa shape index (κ2) is 13.1. The molecule has 2 rings (SSSR count). The Morgan fingerprint density at radius 2 is 1.03 bits per heavy atom. The molecule has 8 nitrogen and oxygen atoms in total. The Bertz CT molecular complexity index is 827. The molecule has 0 saturated heterocycles. The Labute approximate surface area is 189 Å². The molecule has 0 radical (unpaired) electrons. The zero-order valence-electron chi connectivity index (χ0n) is 19.2. The van der Waals surface area contributed by atoms with Crippen LogP contribution >= 0.6 is 0 Å². The molecule has 0 spiro atoms. The molecule has 0 heterocycles. The Kier molecular flexibility index (Phi) is 10.2. The van der Waals surface area contributed by atoms with Gasteiger partial charge < -0.3 is 29.6 Å². The first-order valence-corrected chi connectivity index (χ1v) is 10.6. The molecule has 2 amide bonds. The Hall–Kier alpha value is -3.42. The van der Waals surface area contributed by atoms with E-state index in [2.05, 4.69) is 10.6 Å². The normalized spacial score (nSPS) is 10.2. The highest BCUT2D eigenvalue weighted by Gasteiger charge is 2.16. The minimum absolute atomic E-state index is 0.194. The number of amides is 2. The largest absolute Gasteiger partial charge is 0.493 e. The number of hydrogen-bond acceptors (Lipinski definition) is 6. The highest BCUT2D eigenvalue weighted by atomic mass is 16.5. The van der Waals surface area contributed by atoms with Crippen LogP contribution in [0.4, 0.5) is 0 Å². The van der Waals surface area contributed by atoms with Crippen LogP contribution in [0.5, 0.6) is 23.0 Å². The smallest absolute Gasteiger partial charge is 0.255 e. The summed E-state index contributed by atoms with van der Waals surface area (Å²) in [5.74, 6) is 1.51. The van der Waals surface area contributed by atoms with Crippen molar-refractivity contribution in [2.24, 2.45) is 0 Å². The molecule has 0 aromatic heterocycles. The molecular weight excluding hydrogens is 412 g/mol. The van der Waals surface area contributed by atoms with Crippen LogP contribution in [0.15, 0.2) is 36.4 Å². The summed E-state index contributed by atoms with van der Waals surface area (Å²) in [6.45, 7) is 1.12. The first kappa shape index (κ1) is 24.8. The van der Waals surface area contributed by atoms with Gasteiger partial charge in [0.1, 0.15) is 0 Å². The summed E-state index contributed by atoms with van der Waals surface area (Å²) in [6.07, 6.45) is 3.56. The molecule has 0 unspecified atom stereocenters. The van der Waals surface area contributed by atoms with E-state index in [-0.39, 0.29) is 11.8 Å². The summed E-state index contributed by atoms with van der Waals surface area (Å²) in [4.78, 5) is 24.8. The lowest BCUT2D eigenvalue weighted by atomic mass is 10.1. The highest BCUT2D eigenvalue weighted by molar-refractivity contribution is 5.98. The fourth-order valence-corrected chi connectivity index (χ4v) is 3.33. The van der Waals surface area contributed by atoms with E-state index in [0.29, 0.717) is 47.2 Å². The van der Waals surface area contributed by atoms with Crippen molar-refractivity contribution in [1.29, 1.82) is 0 Å². The third kappa shape index (κ3) is 6.54. The molecular formula is C24H32N2O6. The van der Waals surface area contributed by atoms with E-state index in [1.807, 2.05) is 0 Å². The van der Waals surface area contributed by atoms with Gasteiger partial charge in [0, 0.05) is 13.1 Å². The number of carbonyl (C=O) groups excluding carboxylic acids is 2. The number of para-hydroxylation sites is 2. The number of unbranched alkanes of at least 4 members (excludes halogenated alkanes) is 3. The lowest BCUT2D eigenvalue weighted by Crippen LogP contribution is -2.25. The van der Waals surface area contributed by atoms with Crippen LogP contribution in [-0.2, 0) is 0 Å². The van der Waals surface area contributed by atoms with Crippen molar-refractivity contribution in [1.82, 2.24) is 10.6 Å². The van der Waals surface area contributed by atoms with Crippen molar-refractivity contribution in [3.63, 3.8) is 0 Å². The van der Waals surface area contributed by atoms with Crippen LogP contribution in [0.25, 0.3) is 0 Å². The van der Waals surface area contributed by atoms with Crippen molar-refractivity contribution in [2.75, 3.05) is 41.5 Å². The van der Waals surface area contributed by atoms with Gasteiger partial charge in [-0.05, 0) is 37.1 Å². The van der Waals surface area contributed by atoms with Crippen LogP contribution in [0, 0.1) is 0 Å². The lowest BCUT2D eigenvalue weighted by molar-refractivity contribution is 0.0939. The molecule has 8 heteroatoms. The molecule has 2 aromatic carbocycles. The number of benzene rings is 2. The number of rotatable bonds is 13. The van der Waals surface area contributed by atoms with Crippen LogP contribution in [0.2, 0.25) is 0 Å². The SMILES string of the molecule is COc1cccc(C(=O)NCCCCCCNC(=O)c2cccc(OC)c2OC)c1OC. The number of methoxy groups -OCH3 is 4. The zero-order valence-corrected chi connectivity index (χ0v) is 19.2. The number of carbonyl (C=O) groups is 2. The van der Waals surface area contributed by atoms with E-state index in [9.17, 15) is 9.59 Å². The second-order valence-corrected chi connectivity index (χ2v) is 7.01. The maximum atomic E-state index is 12.4. The molecule has 32 heavy (non-hydrogen) atoms. The third-order valence-electron chi connectivity index (χ3n) is 4.97. The first-order chi connectivity index (χ1) is 15.6. The topological polar surface area (TPSA) is 95.1 Å². The predicted molar refractivity (Wildman–Crippen MR) is 122 cm³/mol. The average Bonchev–Trinajstić information content (AvgIpc) is 2.83. The van der Waals surface area contributed by atoms with Gasteiger partial charge in [0.15, 0.2) is 23.0 Å². The van der Waals surface area contributed by atoms with Gasteiger partial charge in [-0.2, -0.15) is 0 Å². The van der Waals surface area contributed by atoms with E-state index in [4.69, 9.17) is 18.9 Å². The molecule has 0 fully saturated rings. The quantitative estimate of drug-likeness (QED) is 0.460. The van der Waals surface area contributed by atoms with Gasteiger partial charge in [-0.25, -0.2) is 0 Å². The molecule has 0 bridgehead atoms. The van der Waals surface area contributed by atoms with Crippen molar-refractivity contribution in [3.05, 3.63) is 47.5 Å². The summed E-state index contributed by atoms with van der Waals surface area (Å²) < 4.78 is 21.1. The van der Waals surface area contributed by atoms with Crippen LogP contribution in [-0.4, -0.2) is 53.3 Å². The maximum Gasteiger partial charge on any atom is 0.255 e. The minimum Gasteiger partial charge on any atom is -0.493 e. The fraction of sp³-hybridized carbons (Fsp3) is 0.417. The van der Waals surface area contributed by atoms with Crippen molar-refractivity contribution in [2.45, 2.75) is 25.7 Å². The Morgan fingerprint density at radius 3 is 1.38 bits per heavy atom. The number of nitrogens with one attached hydrogen (secondary N) is 2. The van der Waals surface area contributed by atoms with E-state index < -0.39 is 0 Å². The summed E-state index contributed by atoms with van der Waals surface area (Å²) in [5, 5.41) is 5.82. The van der Waals surface area contributed by atoms with Crippen LogP contribution < -0.4 is 29.6 Å². The fourth-order valence-electron chi connectivity index (χ4n) is 3.33. The van der Waals surface area contributed by atoms with E-state index >= 15 is 0 Å². The minimum atomic E-state index is -0.194. The monoisotopic (exact) mass is 444 g/mol. The molecule has 2 N–H and O–H groups in total. The zero-order chi connectivity index (χ0) is 23.3. The Morgan fingerprint density at radius 1 is 0.625 bits per heavy atom.